The number of nitrogens with zero attached hydrogens (tertiary/aromatic N) is 3. The van der Waals surface area contributed by atoms with Crippen LogP contribution >= 0.6 is 0 Å². The number of pyridine rings is 1. The highest BCUT2D eigenvalue weighted by Gasteiger charge is 2.08. The Morgan fingerprint density at radius 2 is 1.90 bits per heavy atom. The highest BCUT2D eigenvalue weighted by molar-refractivity contribution is 5.77. The van der Waals surface area contributed by atoms with Crippen molar-refractivity contribution in [1.29, 1.82) is 0 Å². The molecule has 0 unspecified atom stereocenters. The van der Waals surface area contributed by atoms with E-state index in [1.807, 2.05) is 10.6 Å². The topological polar surface area (TPSA) is 56.7 Å². The van der Waals surface area contributed by atoms with Gasteiger partial charge in [-0.15, -0.1) is 0 Å². The summed E-state index contributed by atoms with van der Waals surface area (Å²) < 4.78 is 2.02. The molecule has 0 amide bonds. The highest BCUT2D eigenvalue weighted by atomic mass is 15.2. The second-order valence-corrected chi connectivity index (χ2v) is 5.32. The SMILES string of the molecule is CC(C)c1ccc(Cn2c(N)nc3cnccc32)cc1. The van der Waals surface area contributed by atoms with Crippen molar-refractivity contribution >= 4 is 17.0 Å². The van der Waals surface area contributed by atoms with Crippen molar-refractivity contribution in [2.24, 2.45) is 0 Å². The van der Waals surface area contributed by atoms with Crippen LogP contribution in [-0.2, 0) is 6.54 Å². The zero-order valence-corrected chi connectivity index (χ0v) is 11.7. The Labute approximate surface area is 118 Å². The molecular weight excluding hydrogens is 248 g/mol. The molecule has 0 fully saturated rings. The molecule has 3 rings (SSSR count). The van der Waals surface area contributed by atoms with Gasteiger partial charge in [0.1, 0.15) is 5.52 Å². The van der Waals surface area contributed by atoms with Crippen LogP contribution in [-0.4, -0.2) is 14.5 Å². The summed E-state index contributed by atoms with van der Waals surface area (Å²) in [7, 11) is 0. The zero-order valence-electron chi connectivity index (χ0n) is 11.7. The number of anilines is 1. The predicted octanol–water partition coefficient (Wildman–Crippen LogP) is 3.19. The van der Waals surface area contributed by atoms with E-state index in [4.69, 9.17) is 5.73 Å². The molecule has 2 aromatic heterocycles. The Hall–Kier alpha value is -2.36. The van der Waals surface area contributed by atoms with E-state index in [2.05, 4.69) is 48.1 Å². The second-order valence-electron chi connectivity index (χ2n) is 5.32. The quantitative estimate of drug-likeness (QED) is 0.792. The summed E-state index contributed by atoms with van der Waals surface area (Å²) in [4.78, 5) is 8.41. The molecule has 0 saturated carbocycles. The Bertz CT molecular complexity index is 726. The van der Waals surface area contributed by atoms with Gasteiger partial charge >= 0.3 is 0 Å². The average molecular weight is 266 g/mol. The second kappa shape index (κ2) is 4.96. The number of benzene rings is 1. The number of aromatic nitrogens is 3. The van der Waals surface area contributed by atoms with E-state index in [1.54, 1.807) is 12.4 Å². The first-order valence-electron chi connectivity index (χ1n) is 6.79. The van der Waals surface area contributed by atoms with Crippen LogP contribution in [0.5, 0.6) is 0 Å². The molecule has 1 aromatic carbocycles. The first-order valence-corrected chi connectivity index (χ1v) is 6.79. The fourth-order valence-corrected chi connectivity index (χ4v) is 2.36. The molecule has 0 spiro atoms. The lowest BCUT2D eigenvalue weighted by Gasteiger charge is -2.09. The molecule has 0 aliphatic rings. The summed E-state index contributed by atoms with van der Waals surface area (Å²) in [6, 6.07) is 10.6. The molecule has 0 bridgehead atoms. The van der Waals surface area contributed by atoms with Crippen molar-refractivity contribution < 1.29 is 0 Å². The Balaban J connectivity index is 1.94. The van der Waals surface area contributed by atoms with Gasteiger partial charge in [0.2, 0.25) is 5.95 Å². The molecule has 4 nitrogen and oxygen atoms in total. The third kappa shape index (κ3) is 2.25. The first kappa shape index (κ1) is 12.7. The van der Waals surface area contributed by atoms with Crippen LogP contribution in [0.2, 0.25) is 0 Å². The average Bonchev–Trinajstić information content (AvgIpc) is 2.76. The lowest BCUT2D eigenvalue weighted by molar-refractivity contribution is 0.830. The minimum Gasteiger partial charge on any atom is -0.369 e. The standard InChI is InChI=1S/C16H18N4/c1-11(2)13-5-3-12(4-6-13)10-20-15-7-8-18-9-14(15)19-16(20)17/h3-9,11H,10H2,1-2H3,(H2,17,19). The van der Waals surface area contributed by atoms with Gasteiger partial charge in [-0.3, -0.25) is 4.98 Å². The van der Waals surface area contributed by atoms with Crippen molar-refractivity contribution in [1.82, 2.24) is 14.5 Å². The number of fused-ring (bicyclic) bond motifs is 1. The van der Waals surface area contributed by atoms with E-state index >= 15 is 0 Å². The summed E-state index contributed by atoms with van der Waals surface area (Å²) in [6.07, 6.45) is 3.51. The number of nitrogen functional groups attached to an aromatic ring is 1. The van der Waals surface area contributed by atoms with Gasteiger partial charge < -0.3 is 10.3 Å². The monoisotopic (exact) mass is 266 g/mol. The zero-order chi connectivity index (χ0) is 14.1. The normalized spacial score (nSPS) is 11.3. The van der Waals surface area contributed by atoms with Crippen molar-refractivity contribution in [3.05, 3.63) is 53.9 Å². The van der Waals surface area contributed by atoms with Gasteiger partial charge in [0, 0.05) is 6.20 Å². The van der Waals surface area contributed by atoms with Gasteiger partial charge in [-0.1, -0.05) is 38.1 Å². The summed E-state index contributed by atoms with van der Waals surface area (Å²) in [5.74, 6) is 1.08. The van der Waals surface area contributed by atoms with E-state index in [0.29, 0.717) is 11.9 Å². The van der Waals surface area contributed by atoms with Crippen LogP contribution in [0, 0.1) is 0 Å². The highest BCUT2D eigenvalue weighted by Crippen LogP contribution is 2.20. The molecule has 0 radical (unpaired) electrons. The van der Waals surface area contributed by atoms with Crippen LogP contribution in [0.1, 0.15) is 30.9 Å². The summed E-state index contributed by atoms with van der Waals surface area (Å²) in [6.45, 7) is 5.12. The van der Waals surface area contributed by atoms with Crippen LogP contribution in [0.15, 0.2) is 42.7 Å². The molecule has 0 aliphatic carbocycles. The van der Waals surface area contributed by atoms with E-state index in [9.17, 15) is 0 Å². The molecule has 0 saturated heterocycles. The third-order valence-corrected chi connectivity index (χ3v) is 3.57. The number of hydrogen-bond donors (Lipinski definition) is 1. The largest absolute Gasteiger partial charge is 0.369 e. The molecule has 20 heavy (non-hydrogen) atoms. The van der Waals surface area contributed by atoms with Gasteiger partial charge in [0.15, 0.2) is 0 Å². The van der Waals surface area contributed by atoms with Crippen molar-refractivity contribution in [3.63, 3.8) is 0 Å². The van der Waals surface area contributed by atoms with E-state index in [-0.39, 0.29) is 0 Å². The smallest absolute Gasteiger partial charge is 0.201 e. The van der Waals surface area contributed by atoms with Gasteiger partial charge in [-0.2, -0.15) is 0 Å². The fraction of sp³-hybridized carbons (Fsp3) is 0.250. The van der Waals surface area contributed by atoms with Gasteiger partial charge in [0.25, 0.3) is 0 Å². The van der Waals surface area contributed by atoms with Crippen LogP contribution in [0.25, 0.3) is 11.0 Å². The van der Waals surface area contributed by atoms with E-state index in [0.717, 1.165) is 17.6 Å². The Morgan fingerprint density at radius 3 is 2.60 bits per heavy atom. The molecule has 102 valence electrons. The number of hydrogen-bond acceptors (Lipinski definition) is 3. The number of rotatable bonds is 3. The predicted molar refractivity (Wildman–Crippen MR) is 81.6 cm³/mol. The van der Waals surface area contributed by atoms with Gasteiger partial charge in [0.05, 0.1) is 18.3 Å². The van der Waals surface area contributed by atoms with Gasteiger partial charge in [-0.05, 0) is 23.1 Å². The molecule has 2 N–H and O–H groups in total. The molecule has 3 aromatic rings. The molecular formula is C16H18N4. The van der Waals surface area contributed by atoms with Crippen molar-refractivity contribution in [3.8, 4) is 0 Å². The number of nitrogens with two attached hydrogens (primary N) is 1. The van der Waals surface area contributed by atoms with E-state index in [1.165, 1.54) is 11.1 Å². The molecule has 2 heterocycles. The van der Waals surface area contributed by atoms with Crippen LogP contribution < -0.4 is 5.73 Å². The molecule has 4 heteroatoms. The van der Waals surface area contributed by atoms with Crippen molar-refractivity contribution in [2.45, 2.75) is 26.3 Å². The lowest BCUT2D eigenvalue weighted by Crippen LogP contribution is -2.04. The first-order chi connectivity index (χ1) is 9.65. The third-order valence-electron chi connectivity index (χ3n) is 3.57. The maximum absolute atomic E-state index is 6.00. The van der Waals surface area contributed by atoms with Crippen LogP contribution in [0.3, 0.4) is 0 Å². The minimum absolute atomic E-state index is 0.529. The minimum atomic E-state index is 0.529. The van der Waals surface area contributed by atoms with E-state index < -0.39 is 0 Å². The summed E-state index contributed by atoms with van der Waals surface area (Å²) >= 11 is 0. The Morgan fingerprint density at radius 1 is 1.15 bits per heavy atom. The van der Waals surface area contributed by atoms with Gasteiger partial charge in [-0.25, -0.2) is 4.98 Å². The van der Waals surface area contributed by atoms with Crippen LogP contribution in [0.4, 0.5) is 5.95 Å². The summed E-state index contributed by atoms with van der Waals surface area (Å²) in [5, 5.41) is 0. The summed E-state index contributed by atoms with van der Waals surface area (Å²) in [5.41, 5.74) is 10.4. The molecule has 0 aliphatic heterocycles. The fourth-order valence-electron chi connectivity index (χ4n) is 2.36. The Kier molecular flexibility index (Phi) is 3.14. The molecule has 0 atom stereocenters. The maximum Gasteiger partial charge on any atom is 0.201 e. The number of imidazole rings is 1. The van der Waals surface area contributed by atoms with Crippen molar-refractivity contribution in [2.75, 3.05) is 5.73 Å². The lowest BCUT2D eigenvalue weighted by atomic mass is 10.0. The maximum atomic E-state index is 6.00.